The topological polar surface area (TPSA) is 117 Å². The van der Waals surface area contributed by atoms with Gasteiger partial charge in [-0.05, 0) is 23.3 Å². The summed E-state index contributed by atoms with van der Waals surface area (Å²) < 4.78 is 17.8. The Bertz CT molecular complexity index is 1330. The Labute approximate surface area is 215 Å². The molecular weight excluding hydrogens is 474 g/mol. The van der Waals surface area contributed by atoms with Gasteiger partial charge in [0.05, 0.1) is 44.6 Å². The number of aliphatic hydroxyl groups excluding tert-OH is 1. The molecule has 0 spiro atoms. The van der Waals surface area contributed by atoms with Gasteiger partial charge in [-0.3, -0.25) is 0 Å². The molecule has 0 saturated heterocycles. The van der Waals surface area contributed by atoms with Gasteiger partial charge < -0.3 is 29.3 Å². The fourth-order valence-electron chi connectivity index (χ4n) is 6.03. The van der Waals surface area contributed by atoms with Crippen molar-refractivity contribution in [2.24, 2.45) is 5.92 Å². The number of aliphatic hydroxyl groups is 2. The Balaban J connectivity index is 1.85. The highest BCUT2D eigenvalue weighted by molar-refractivity contribution is 5.60. The molecular formula is C28H29N3O6. The van der Waals surface area contributed by atoms with Crippen molar-refractivity contribution in [1.29, 1.82) is 5.26 Å². The standard InChI is InChI=1S/C28H29N3O6/c1-31(36-4)16-20-23(18-8-6-5-7-9-18)28(19-12-10-17(15-29)11-13-19)27(33,25(20)32)24-21(37-28)14-22(34-2)30-26(24)35-3/h5-14,20,23,25,32-33H,16H2,1-4H3/t20-,23-,25-,27+,28+/m1/s1. The maximum atomic E-state index is 12.8. The van der Waals surface area contributed by atoms with Crippen molar-refractivity contribution in [3.8, 4) is 23.6 Å². The van der Waals surface area contributed by atoms with Gasteiger partial charge in [0.15, 0.2) is 11.2 Å². The number of aromatic nitrogens is 1. The molecule has 9 nitrogen and oxygen atoms in total. The number of hydrogen-bond acceptors (Lipinski definition) is 9. The van der Waals surface area contributed by atoms with Crippen molar-refractivity contribution in [1.82, 2.24) is 10.0 Å². The number of ether oxygens (including phenoxy) is 3. The average Bonchev–Trinajstić information content (AvgIpc) is 3.31. The van der Waals surface area contributed by atoms with Crippen LogP contribution in [0.25, 0.3) is 0 Å². The first-order chi connectivity index (χ1) is 17.8. The third-order valence-electron chi connectivity index (χ3n) is 7.63. The summed E-state index contributed by atoms with van der Waals surface area (Å²) in [4.78, 5) is 9.82. The number of benzene rings is 2. The van der Waals surface area contributed by atoms with E-state index in [0.717, 1.165) is 5.56 Å². The van der Waals surface area contributed by atoms with Gasteiger partial charge in [-0.15, -0.1) is 0 Å². The Hall–Kier alpha value is -3.68. The summed E-state index contributed by atoms with van der Waals surface area (Å²) in [5, 5.41) is 35.8. The molecule has 1 fully saturated rings. The van der Waals surface area contributed by atoms with Gasteiger partial charge in [0.1, 0.15) is 5.75 Å². The number of hydroxylamine groups is 2. The molecule has 0 bridgehead atoms. The summed E-state index contributed by atoms with van der Waals surface area (Å²) >= 11 is 0. The molecule has 1 aliphatic carbocycles. The van der Waals surface area contributed by atoms with Gasteiger partial charge in [0.2, 0.25) is 11.8 Å². The molecule has 1 aromatic heterocycles. The van der Waals surface area contributed by atoms with Crippen LogP contribution in [-0.2, 0) is 16.0 Å². The molecule has 5 atom stereocenters. The molecule has 1 aliphatic heterocycles. The van der Waals surface area contributed by atoms with Crippen LogP contribution in [0.1, 0.15) is 28.2 Å². The molecule has 9 heteroatoms. The summed E-state index contributed by atoms with van der Waals surface area (Å²) in [6.07, 6.45) is -1.31. The van der Waals surface area contributed by atoms with Crippen molar-refractivity contribution in [3.63, 3.8) is 0 Å². The molecule has 5 rings (SSSR count). The third-order valence-corrected chi connectivity index (χ3v) is 7.63. The quantitative estimate of drug-likeness (QED) is 0.469. The molecule has 37 heavy (non-hydrogen) atoms. The van der Waals surface area contributed by atoms with Gasteiger partial charge in [0, 0.05) is 31.5 Å². The first-order valence-corrected chi connectivity index (χ1v) is 11.9. The molecule has 3 aromatic rings. The summed E-state index contributed by atoms with van der Waals surface area (Å²) in [6.45, 7) is 0.294. The van der Waals surface area contributed by atoms with Crippen LogP contribution in [-0.4, -0.2) is 61.3 Å². The second kappa shape index (κ2) is 9.32. The van der Waals surface area contributed by atoms with Crippen LogP contribution in [0, 0.1) is 17.2 Å². The number of hydrogen-bond donors (Lipinski definition) is 2. The number of nitrogens with zero attached hydrogens (tertiary/aromatic N) is 3. The number of pyridine rings is 1. The number of nitriles is 1. The monoisotopic (exact) mass is 503 g/mol. The fourth-order valence-corrected chi connectivity index (χ4v) is 6.03. The summed E-state index contributed by atoms with van der Waals surface area (Å²) in [7, 11) is 6.24. The molecule has 192 valence electrons. The lowest BCUT2D eigenvalue weighted by Crippen LogP contribution is -2.52. The summed E-state index contributed by atoms with van der Waals surface area (Å²) in [6, 6.07) is 20.2. The second-order valence-corrected chi connectivity index (χ2v) is 9.33. The van der Waals surface area contributed by atoms with Crippen LogP contribution in [0.3, 0.4) is 0 Å². The Morgan fingerprint density at radius 1 is 1.08 bits per heavy atom. The van der Waals surface area contributed by atoms with E-state index in [1.165, 1.54) is 14.2 Å². The van der Waals surface area contributed by atoms with E-state index < -0.39 is 29.1 Å². The minimum Gasteiger partial charge on any atom is -0.481 e. The molecule has 1 saturated carbocycles. The number of fused-ring (bicyclic) bond motifs is 3. The van der Waals surface area contributed by atoms with E-state index in [1.54, 1.807) is 49.6 Å². The second-order valence-electron chi connectivity index (χ2n) is 9.33. The van der Waals surface area contributed by atoms with Crippen molar-refractivity contribution < 1.29 is 29.3 Å². The first-order valence-electron chi connectivity index (χ1n) is 11.9. The van der Waals surface area contributed by atoms with Crippen LogP contribution in [0.4, 0.5) is 0 Å². The molecule has 0 radical (unpaired) electrons. The van der Waals surface area contributed by atoms with Crippen LogP contribution in [0.15, 0.2) is 60.7 Å². The van der Waals surface area contributed by atoms with Gasteiger partial charge >= 0.3 is 0 Å². The van der Waals surface area contributed by atoms with Gasteiger partial charge in [-0.2, -0.15) is 15.3 Å². The van der Waals surface area contributed by atoms with Crippen molar-refractivity contribution in [2.45, 2.75) is 23.2 Å². The van der Waals surface area contributed by atoms with Gasteiger partial charge in [-0.25, -0.2) is 0 Å². The highest BCUT2D eigenvalue weighted by Crippen LogP contribution is 2.69. The van der Waals surface area contributed by atoms with E-state index >= 15 is 0 Å². The van der Waals surface area contributed by atoms with E-state index in [-0.39, 0.29) is 17.3 Å². The average molecular weight is 504 g/mol. The lowest BCUT2D eigenvalue weighted by atomic mass is 9.70. The SMILES string of the molecule is COc1cc2c(c(OC)n1)[C@]1(O)[C@H](O)[C@H](CN(C)OC)[C@@H](c3ccccc3)[C@]1(c1ccc(C#N)cc1)O2. The van der Waals surface area contributed by atoms with E-state index in [4.69, 9.17) is 19.0 Å². The lowest BCUT2D eigenvalue weighted by Gasteiger charge is -2.41. The zero-order valence-electron chi connectivity index (χ0n) is 21.1. The van der Waals surface area contributed by atoms with Crippen molar-refractivity contribution in [3.05, 3.63) is 82.9 Å². The minimum absolute atomic E-state index is 0.0963. The minimum atomic E-state index is -1.97. The highest BCUT2D eigenvalue weighted by Gasteiger charge is 2.77. The highest BCUT2D eigenvalue weighted by atomic mass is 16.7. The predicted molar refractivity (Wildman–Crippen MR) is 133 cm³/mol. The molecule has 0 amide bonds. The zero-order valence-corrected chi connectivity index (χ0v) is 21.1. The van der Waals surface area contributed by atoms with Crippen molar-refractivity contribution in [2.75, 3.05) is 34.9 Å². The largest absolute Gasteiger partial charge is 0.481 e. The van der Waals surface area contributed by atoms with E-state index in [0.29, 0.717) is 23.4 Å². The normalized spacial score (nSPS) is 27.8. The molecule has 2 N–H and O–H groups in total. The smallest absolute Gasteiger partial charge is 0.226 e. The number of rotatable bonds is 7. The van der Waals surface area contributed by atoms with E-state index in [9.17, 15) is 15.5 Å². The molecule has 2 heterocycles. The van der Waals surface area contributed by atoms with Crippen molar-refractivity contribution >= 4 is 0 Å². The summed E-state index contributed by atoms with van der Waals surface area (Å²) in [5.41, 5.74) is -1.29. The zero-order chi connectivity index (χ0) is 26.4. The van der Waals surface area contributed by atoms with Crippen LogP contribution < -0.4 is 14.2 Å². The Morgan fingerprint density at radius 2 is 1.78 bits per heavy atom. The van der Waals surface area contributed by atoms with Crippen LogP contribution in [0.2, 0.25) is 0 Å². The van der Waals surface area contributed by atoms with Crippen LogP contribution >= 0.6 is 0 Å². The molecule has 2 aromatic carbocycles. The van der Waals surface area contributed by atoms with E-state index in [2.05, 4.69) is 11.1 Å². The Kier molecular flexibility index (Phi) is 6.30. The maximum Gasteiger partial charge on any atom is 0.226 e. The fraction of sp³-hybridized carbons (Fsp3) is 0.357. The third kappa shape index (κ3) is 3.49. The van der Waals surface area contributed by atoms with Crippen LogP contribution in [0.5, 0.6) is 17.5 Å². The molecule has 2 aliphatic rings. The number of methoxy groups -OCH3 is 2. The van der Waals surface area contributed by atoms with E-state index in [1.807, 2.05) is 30.3 Å². The first kappa shape index (κ1) is 25.0. The predicted octanol–water partition coefficient (Wildman–Crippen LogP) is 2.71. The Morgan fingerprint density at radius 3 is 2.38 bits per heavy atom. The van der Waals surface area contributed by atoms with Gasteiger partial charge in [0.25, 0.3) is 0 Å². The van der Waals surface area contributed by atoms with Gasteiger partial charge in [-0.1, -0.05) is 42.5 Å². The lowest BCUT2D eigenvalue weighted by molar-refractivity contribution is -0.158. The maximum absolute atomic E-state index is 12.8. The summed E-state index contributed by atoms with van der Waals surface area (Å²) in [5.74, 6) is -0.432. The molecule has 0 unspecified atom stereocenters.